The van der Waals surface area contributed by atoms with Gasteiger partial charge in [0.25, 0.3) is 0 Å². The quantitative estimate of drug-likeness (QED) is 0.722. The second-order valence-corrected chi connectivity index (χ2v) is 4.85. The highest BCUT2D eigenvalue weighted by Gasteiger charge is 2.06. The second kappa shape index (κ2) is 5.66. The van der Waals surface area contributed by atoms with Gasteiger partial charge in [-0.1, -0.05) is 18.2 Å². The van der Waals surface area contributed by atoms with Crippen molar-refractivity contribution in [3.05, 3.63) is 54.7 Å². The molecular formula is C16H16N4O. The van der Waals surface area contributed by atoms with Gasteiger partial charge in [0, 0.05) is 23.2 Å². The number of carbonyl (C=O) groups is 1. The first kappa shape index (κ1) is 13.2. The van der Waals surface area contributed by atoms with Crippen molar-refractivity contribution in [3.63, 3.8) is 0 Å². The maximum Gasteiger partial charge on any atom is 0.226 e. The van der Waals surface area contributed by atoms with Crippen molar-refractivity contribution < 1.29 is 4.79 Å². The van der Waals surface area contributed by atoms with Gasteiger partial charge in [0.05, 0.1) is 18.3 Å². The Morgan fingerprint density at radius 1 is 1.14 bits per heavy atom. The average molecular weight is 280 g/mol. The monoisotopic (exact) mass is 280 g/mol. The zero-order valence-corrected chi connectivity index (χ0v) is 11.5. The number of rotatable bonds is 4. The van der Waals surface area contributed by atoms with Crippen molar-refractivity contribution in [2.45, 2.75) is 13.0 Å². The van der Waals surface area contributed by atoms with Crippen LogP contribution in [0.1, 0.15) is 6.42 Å². The van der Waals surface area contributed by atoms with Crippen LogP contribution in [-0.2, 0) is 11.3 Å². The van der Waals surface area contributed by atoms with Crippen LogP contribution in [0.3, 0.4) is 0 Å². The van der Waals surface area contributed by atoms with E-state index in [1.807, 2.05) is 35.1 Å². The van der Waals surface area contributed by atoms with Crippen molar-refractivity contribution >= 4 is 28.2 Å². The molecule has 0 atom stereocenters. The Labute approximate surface area is 122 Å². The lowest BCUT2D eigenvalue weighted by atomic mass is 10.2. The van der Waals surface area contributed by atoms with Crippen molar-refractivity contribution in [2.24, 2.45) is 0 Å². The van der Waals surface area contributed by atoms with Crippen molar-refractivity contribution in [1.29, 1.82) is 0 Å². The smallest absolute Gasteiger partial charge is 0.226 e. The largest absolute Gasteiger partial charge is 0.399 e. The number of aromatic nitrogens is 2. The molecule has 0 saturated carbocycles. The molecule has 5 nitrogen and oxygen atoms in total. The number of para-hydroxylation sites is 1. The van der Waals surface area contributed by atoms with Crippen molar-refractivity contribution in [3.8, 4) is 0 Å². The lowest BCUT2D eigenvalue weighted by Gasteiger charge is -2.06. The normalized spacial score (nSPS) is 10.7. The third-order valence-corrected chi connectivity index (χ3v) is 3.30. The summed E-state index contributed by atoms with van der Waals surface area (Å²) >= 11 is 0. The molecule has 0 fully saturated rings. The molecule has 21 heavy (non-hydrogen) atoms. The summed E-state index contributed by atoms with van der Waals surface area (Å²) in [6.07, 6.45) is 2.18. The molecule has 0 unspecified atom stereocenters. The van der Waals surface area contributed by atoms with Crippen molar-refractivity contribution in [1.82, 2.24) is 9.78 Å². The van der Waals surface area contributed by atoms with Gasteiger partial charge in [-0.2, -0.15) is 5.10 Å². The van der Waals surface area contributed by atoms with E-state index in [-0.39, 0.29) is 5.91 Å². The van der Waals surface area contributed by atoms with Gasteiger partial charge in [0.1, 0.15) is 0 Å². The zero-order valence-electron chi connectivity index (χ0n) is 11.5. The lowest BCUT2D eigenvalue weighted by Crippen LogP contribution is -2.14. The Balaban J connectivity index is 1.62. The summed E-state index contributed by atoms with van der Waals surface area (Å²) in [5, 5.41) is 8.23. The van der Waals surface area contributed by atoms with Gasteiger partial charge in [-0.25, -0.2) is 0 Å². The SMILES string of the molecule is Nc1ccc(NC(=O)CCn2ncc3ccccc32)cc1. The first-order valence-corrected chi connectivity index (χ1v) is 6.78. The van der Waals surface area contributed by atoms with Crippen molar-refractivity contribution in [2.75, 3.05) is 11.1 Å². The van der Waals surface area contributed by atoms with Crippen LogP contribution >= 0.6 is 0 Å². The number of nitrogens with one attached hydrogen (secondary N) is 1. The molecule has 0 aliphatic rings. The number of hydrogen-bond donors (Lipinski definition) is 2. The van der Waals surface area contributed by atoms with Gasteiger partial charge in [-0.05, 0) is 30.3 Å². The number of carbonyl (C=O) groups excluding carboxylic acids is 1. The number of fused-ring (bicyclic) bond motifs is 1. The van der Waals surface area contributed by atoms with E-state index < -0.39 is 0 Å². The Morgan fingerprint density at radius 2 is 1.90 bits per heavy atom. The molecule has 106 valence electrons. The zero-order chi connectivity index (χ0) is 14.7. The molecule has 0 aliphatic carbocycles. The van der Waals surface area contributed by atoms with Gasteiger partial charge in [0.2, 0.25) is 5.91 Å². The topological polar surface area (TPSA) is 72.9 Å². The van der Waals surface area contributed by atoms with Gasteiger partial charge < -0.3 is 11.1 Å². The predicted octanol–water partition coefficient (Wildman–Crippen LogP) is 2.65. The first-order valence-electron chi connectivity index (χ1n) is 6.78. The van der Waals surface area contributed by atoms with Crippen LogP contribution < -0.4 is 11.1 Å². The number of nitrogens with zero attached hydrogens (tertiary/aromatic N) is 2. The summed E-state index contributed by atoms with van der Waals surface area (Å²) in [7, 11) is 0. The first-order chi connectivity index (χ1) is 10.2. The molecule has 0 spiro atoms. The Morgan fingerprint density at radius 3 is 2.71 bits per heavy atom. The van der Waals surface area contributed by atoms with E-state index in [4.69, 9.17) is 5.73 Å². The number of aryl methyl sites for hydroxylation is 1. The minimum atomic E-state index is -0.0423. The molecule has 0 bridgehead atoms. The van der Waals surface area contributed by atoms with Gasteiger partial charge in [0.15, 0.2) is 0 Å². The summed E-state index contributed by atoms with van der Waals surface area (Å²) in [6.45, 7) is 0.550. The highest BCUT2D eigenvalue weighted by molar-refractivity contribution is 5.90. The van der Waals surface area contributed by atoms with Crippen LogP contribution in [0.4, 0.5) is 11.4 Å². The van der Waals surface area contributed by atoms with E-state index in [0.717, 1.165) is 16.6 Å². The minimum absolute atomic E-state index is 0.0423. The Hall–Kier alpha value is -2.82. The molecule has 1 heterocycles. The maximum atomic E-state index is 11.9. The predicted molar refractivity (Wildman–Crippen MR) is 83.8 cm³/mol. The van der Waals surface area contributed by atoms with E-state index in [0.29, 0.717) is 18.7 Å². The van der Waals surface area contributed by atoms with E-state index >= 15 is 0 Å². The summed E-state index contributed by atoms with van der Waals surface area (Å²) in [5.74, 6) is -0.0423. The summed E-state index contributed by atoms with van der Waals surface area (Å²) in [5.41, 5.74) is 8.07. The molecule has 5 heteroatoms. The molecule has 3 rings (SSSR count). The highest BCUT2D eigenvalue weighted by Crippen LogP contribution is 2.14. The third kappa shape index (κ3) is 3.02. The molecule has 3 N–H and O–H groups in total. The minimum Gasteiger partial charge on any atom is -0.399 e. The molecule has 1 aromatic heterocycles. The number of nitrogen functional groups attached to an aromatic ring is 1. The van der Waals surface area contributed by atoms with Crippen LogP contribution in [0.5, 0.6) is 0 Å². The summed E-state index contributed by atoms with van der Waals surface area (Å²) < 4.78 is 1.85. The molecule has 2 aromatic carbocycles. The number of anilines is 2. The molecule has 0 saturated heterocycles. The van der Waals surface area contributed by atoms with Crippen LogP contribution in [0.15, 0.2) is 54.7 Å². The molecule has 1 amide bonds. The van der Waals surface area contributed by atoms with Crippen LogP contribution in [-0.4, -0.2) is 15.7 Å². The highest BCUT2D eigenvalue weighted by atomic mass is 16.1. The third-order valence-electron chi connectivity index (χ3n) is 3.30. The molecule has 0 radical (unpaired) electrons. The fourth-order valence-electron chi connectivity index (χ4n) is 2.20. The van der Waals surface area contributed by atoms with Gasteiger partial charge >= 0.3 is 0 Å². The fraction of sp³-hybridized carbons (Fsp3) is 0.125. The number of nitrogens with two attached hydrogens (primary N) is 1. The average Bonchev–Trinajstić information content (AvgIpc) is 2.91. The van der Waals surface area contributed by atoms with E-state index in [1.165, 1.54) is 0 Å². The Bertz CT molecular complexity index is 761. The van der Waals surface area contributed by atoms with Gasteiger partial charge in [-0.3, -0.25) is 9.48 Å². The standard InChI is InChI=1S/C16H16N4O/c17-13-5-7-14(8-6-13)19-16(21)9-10-20-15-4-2-1-3-12(15)11-18-20/h1-8,11H,9-10,17H2,(H,19,21). The summed E-state index contributed by atoms with van der Waals surface area (Å²) in [6, 6.07) is 15.0. The lowest BCUT2D eigenvalue weighted by molar-refractivity contribution is -0.116. The number of benzene rings is 2. The molecular weight excluding hydrogens is 264 g/mol. The number of amides is 1. The van der Waals surface area contributed by atoms with Crippen LogP contribution in [0, 0.1) is 0 Å². The van der Waals surface area contributed by atoms with E-state index in [2.05, 4.69) is 10.4 Å². The second-order valence-electron chi connectivity index (χ2n) is 4.85. The molecule has 3 aromatic rings. The van der Waals surface area contributed by atoms with E-state index in [1.54, 1.807) is 24.3 Å². The van der Waals surface area contributed by atoms with Gasteiger partial charge in [-0.15, -0.1) is 0 Å². The maximum absolute atomic E-state index is 11.9. The van der Waals surface area contributed by atoms with E-state index in [9.17, 15) is 4.79 Å². The molecule has 0 aliphatic heterocycles. The summed E-state index contributed by atoms with van der Waals surface area (Å²) in [4.78, 5) is 11.9. The van der Waals surface area contributed by atoms with Crippen LogP contribution in [0.25, 0.3) is 10.9 Å². The van der Waals surface area contributed by atoms with Crippen LogP contribution in [0.2, 0.25) is 0 Å². The number of hydrogen-bond acceptors (Lipinski definition) is 3. The Kier molecular flexibility index (Phi) is 3.55. The fourth-order valence-corrected chi connectivity index (χ4v) is 2.20.